The van der Waals surface area contributed by atoms with E-state index in [2.05, 4.69) is 22.2 Å². The van der Waals surface area contributed by atoms with Gasteiger partial charge in [0.2, 0.25) is 15.9 Å². The number of amides is 1. The normalized spacial score (nSPS) is 18.4. The molecule has 0 aliphatic heterocycles. The molecule has 1 aliphatic rings. The van der Waals surface area contributed by atoms with Gasteiger partial charge in [0.15, 0.2) is 0 Å². The summed E-state index contributed by atoms with van der Waals surface area (Å²) in [5, 5.41) is 2.77. The summed E-state index contributed by atoms with van der Waals surface area (Å²) in [5.74, 6) is -0.135. The maximum Gasteiger partial charge on any atom is 0.250 e. The van der Waals surface area contributed by atoms with E-state index in [-0.39, 0.29) is 18.0 Å². The Bertz CT molecular complexity index is 874. The van der Waals surface area contributed by atoms with E-state index in [1.165, 1.54) is 29.4 Å². The number of aryl methyl sites for hydroxylation is 1. The fraction of sp³-hybridized carbons (Fsp3) is 0.389. The van der Waals surface area contributed by atoms with Gasteiger partial charge in [-0.3, -0.25) is 4.79 Å². The quantitative estimate of drug-likeness (QED) is 0.840. The van der Waals surface area contributed by atoms with Crippen LogP contribution in [0, 0.1) is 0 Å². The molecular weight excluding hydrogens is 356 g/mol. The summed E-state index contributed by atoms with van der Waals surface area (Å²) in [6, 6.07) is 11.3. The zero-order valence-corrected chi connectivity index (χ0v) is 15.9. The fourth-order valence-corrected chi connectivity index (χ4v) is 5.78. The van der Waals surface area contributed by atoms with Crippen LogP contribution in [0.15, 0.2) is 40.6 Å². The van der Waals surface area contributed by atoms with E-state index >= 15 is 0 Å². The number of hydrogen-bond donors (Lipinski definition) is 2. The Morgan fingerprint density at radius 2 is 1.92 bits per heavy atom. The molecule has 3 rings (SSSR count). The van der Waals surface area contributed by atoms with Gasteiger partial charge in [-0.2, -0.15) is 0 Å². The molecular formula is C18H22N2O3S2. The number of benzene rings is 1. The lowest BCUT2D eigenvalue weighted by atomic mass is 9.89. The smallest absolute Gasteiger partial charge is 0.250 e. The highest BCUT2D eigenvalue weighted by Crippen LogP contribution is 2.28. The molecule has 5 nitrogen and oxygen atoms in total. The van der Waals surface area contributed by atoms with Crippen LogP contribution in [0.4, 0.5) is 0 Å². The third-order valence-corrected chi connectivity index (χ3v) is 7.66. The minimum atomic E-state index is -3.55. The van der Waals surface area contributed by atoms with Crippen LogP contribution >= 0.6 is 11.3 Å². The number of thiophene rings is 1. The van der Waals surface area contributed by atoms with Gasteiger partial charge in [0, 0.05) is 17.8 Å². The summed E-state index contributed by atoms with van der Waals surface area (Å²) in [6.45, 7) is 3.29. The summed E-state index contributed by atoms with van der Waals surface area (Å²) < 4.78 is 28.5. The molecule has 0 radical (unpaired) electrons. The summed E-state index contributed by atoms with van der Waals surface area (Å²) in [6.07, 6.45) is 2.41. The minimum absolute atomic E-state index is 0.0850. The Morgan fingerprint density at radius 3 is 2.64 bits per heavy atom. The van der Waals surface area contributed by atoms with E-state index in [1.807, 2.05) is 19.1 Å². The summed E-state index contributed by atoms with van der Waals surface area (Å²) >= 11 is 1.20. The first kappa shape index (κ1) is 18.1. The standard InChI is InChI=1S/C18H22N2O3S2/c1-12(19-13(2)21)17-9-10-18(24-17)25(22,23)20-16-8-7-14-5-3-4-6-15(14)11-16/h3-6,9-10,12,16,20H,7-8,11H2,1-2H3,(H,19,21)/t12-,16-/m0/s1. The molecule has 1 heterocycles. The summed E-state index contributed by atoms with van der Waals surface area (Å²) in [5.41, 5.74) is 2.52. The predicted molar refractivity (Wildman–Crippen MR) is 99.1 cm³/mol. The Hall–Kier alpha value is -1.70. The van der Waals surface area contributed by atoms with Crippen molar-refractivity contribution in [2.75, 3.05) is 0 Å². The molecule has 2 atom stereocenters. The van der Waals surface area contributed by atoms with Crippen LogP contribution < -0.4 is 10.0 Å². The number of carbonyl (C=O) groups is 1. The maximum absolute atomic E-state index is 12.7. The molecule has 2 aromatic rings. The SMILES string of the molecule is CC(=O)N[C@@H](C)c1ccc(S(=O)(=O)N[C@H]2CCc3ccccc3C2)s1. The van der Waals surface area contributed by atoms with Gasteiger partial charge in [-0.1, -0.05) is 24.3 Å². The molecule has 0 saturated heterocycles. The number of nitrogens with one attached hydrogen (secondary N) is 2. The van der Waals surface area contributed by atoms with E-state index in [0.717, 1.165) is 24.1 Å². The third kappa shape index (κ3) is 4.29. The van der Waals surface area contributed by atoms with Crippen molar-refractivity contribution in [3.63, 3.8) is 0 Å². The number of rotatable bonds is 5. The predicted octanol–water partition coefficient (Wildman–Crippen LogP) is 2.78. The van der Waals surface area contributed by atoms with Crippen molar-refractivity contribution < 1.29 is 13.2 Å². The molecule has 1 aromatic heterocycles. The molecule has 7 heteroatoms. The van der Waals surface area contributed by atoms with Crippen molar-refractivity contribution >= 4 is 27.3 Å². The average Bonchev–Trinajstić information content (AvgIpc) is 3.05. The van der Waals surface area contributed by atoms with Crippen molar-refractivity contribution in [1.82, 2.24) is 10.0 Å². The molecule has 25 heavy (non-hydrogen) atoms. The Morgan fingerprint density at radius 1 is 1.20 bits per heavy atom. The number of carbonyl (C=O) groups excluding carboxylic acids is 1. The Balaban J connectivity index is 1.71. The van der Waals surface area contributed by atoms with Gasteiger partial charge in [-0.05, 0) is 49.4 Å². The van der Waals surface area contributed by atoms with Gasteiger partial charge in [-0.15, -0.1) is 11.3 Å². The lowest BCUT2D eigenvalue weighted by Crippen LogP contribution is -2.38. The molecule has 0 unspecified atom stereocenters. The molecule has 0 bridgehead atoms. The minimum Gasteiger partial charge on any atom is -0.349 e. The van der Waals surface area contributed by atoms with Crippen LogP contribution in [0.1, 0.15) is 42.3 Å². The fourth-order valence-electron chi connectivity index (χ4n) is 3.16. The zero-order valence-electron chi connectivity index (χ0n) is 14.3. The highest BCUT2D eigenvalue weighted by molar-refractivity contribution is 7.91. The van der Waals surface area contributed by atoms with Crippen LogP contribution in [0.2, 0.25) is 0 Å². The lowest BCUT2D eigenvalue weighted by Gasteiger charge is -2.25. The van der Waals surface area contributed by atoms with Crippen LogP contribution in [0.5, 0.6) is 0 Å². The molecule has 0 saturated carbocycles. The second-order valence-electron chi connectivity index (χ2n) is 6.41. The van der Waals surface area contributed by atoms with Crippen molar-refractivity contribution in [3.05, 3.63) is 52.4 Å². The number of fused-ring (bicyclic) bond motifs is 1. The van der Waals surface area contributed by atoms with Gasteiger partial charge in [0.05, 0.1) is 6.04 Å². The number of hydrogen-bond acceptors (Lipinski definition) is 4. The van der Waals surface area contributed by atoms with Gasteiger partial charge in [-0.25, -0.2) is 13.1 Å². The lowest BCUT2D eigenvalue weighted by molar-refractivity contribution is -0.119. The van der Waals surface area contributed by atoms with Crippen LogP contribution in [-0.2, 0) is 27.7 Å². The molecule has 1 aromatic carbocycles. The van der Waals surface area contributed by atoms with E-state index < -0.39 is 10.0 Å². The van der Waals surface area contributed by atoms with Crippen molar-refractivity contribution in [2.24, 2.45) is 0 Å². The van der Waals surface area contributed by atoms with Gasteiger partial charge in [0.25, 0.3) is 0 Å². The van der Waals surface area contributed by atoms with E-state index in [0.29, 0.717) is 4.21 Å². The van der Waals surface area contributed by atoms with E-state index in [9.17, 15) is 13.2 Å². The highest BCUT2D eigenvalue weighted by atomic mass is 32.2. The van der Waals surface area contributed by atoms with E-state index in [1.54, 1.807) is 12.1 Å². The van der Waals surface area contributed by atoms with Gasteiger partial charge < -0.3 is 5.32 Å². The summed E-state index contributed by atoms with van der Waals surface area (Å²) in [4.78, 5) is 12.0. The highest BCUT2D eigenvalue weighted by Gasteiger charge is 2.25. The van der Waals surface area contributed by atoms with Crippen molar-refractivity contribution in [1.29, 1.82) is 0 Å². The molecule has 134 valence electrons. The number of sulfonamides is 1. The topological polar surface area (TPSA) is 75.3 Å². The molecule has 0 spiro atoms. The first-order valence-corrected chi connectivity index (χ1v) is 10.6. The first-order chi connectivity index (χ1) is 11.8. The molecule has 2 N–H and O–H groups in total. The van der Waals surface area contributed by atoms with Crippen LogP contribution in [0.25, 0.3) is 0 Å². The second-order valence-corrected chi connectivity index (χ2v) is 9.46. The largest absolute Gasteiger partial charge is 0.349 e. The Kier molecular flexibility index (Phi) is 5.27. The summed E-state index contributed by atoms with van der Waals surface area (Å²) in [7, 11) is -3.55. The Labute approximate surface area is 152 Å². The first-order valence-electron chi connectivity index (χ1n) is 8.31. The second kappa shape index (κ2) is 7.27. The zero-order chi connectivity index (χ0) is 18.0. The average molecular weight is 379 g/mol. The third-order valence-electron chi connectivity index (χ3n) is 4.38. The molecule has 1 amide bonds. The van der Waals surface area contributed by atoms with E-state index in [4.69, 9.17) is 0 Å². The van der Waals surface area contributed by atoms with Crippen LogP contribution in [0.3, 0.4) is 0 Å². The van der Waals surface area contributed by atoms with Gasteiger partial charge in [0.1, 0.15) is 4.21 Å². The maximum atomic E-state index is 12.7. The van der Waals surface area contributed by atoms with Gasteiger partial charge >= 0.3 is 0 Å². The van der Waals surface area contributed by atoms with Crippen LogP contribution in [-0.4, -0.2) is 20.4 Å². The molecule has 0 fully saturated rings. The van der Waals surface area contributed by atoms with Crippen molar-refractivity contribution in [2.45, 2.75) is 49.4 Å². The monoisotopic (exact) mass is 378 g/mol. The van der Waals surface area contributed by atoms with Crippen molar-refractivity contribution in [3.8, 4) is 0 Å². The molecule has 1 aliphatic carbocycles.